The van der Waals surface area contributed by atoms with Crippen LogP contribution in [0.2, 0.25) is 0 Å². The standard InChI is InChI=1S/C23H46N6O13/c24-2-7-13(32)15(34)10(28)21(37-7)40-18-6(27)1-5(26)12(31)20(18)42-23-17(36)19(9(4-30)39-23)41-22-11(29)16(35)14(33)8(3-25)38-22/h5-23,30-36H,1-4,24-29H2/t5-,6+,7-,8+,9-,10-,11-,12+,13-,14-,15-,16-,17-,18-,19-,20?,21-,22-,23+/m0/s1. The average molecular weight is 615 g/mol. The molecule has 4 rings (SSSR count). The molecule has 1 aliphatic carbocycles. The lowest BCUT2D eigenvalue weighted by Gasteiger charge is -2.47. The molecule has 0 spiro atoms. The van der Waals surface area contributed by atoms with Gasteiger partial charge in [0.1, 0.15) is 67.1 Å². The second-order valence-corrected chi connectivity index (χ2v) is 11.2. The van der Waals surface area contributed by atoms with Gasteiger partial charge < -0.3 is 98.6 Å². The highest BCUT2D eigenvalue weighted by molar-refractivity contribution is 5.02. The third kappa shape index (κ3) is 6.60. The Morgan fingerprint density at radius 2 is 0.976 bits per heavy atom. The summed E-state index contributed by atoms with van der Waals surface area (Å²) in [6.07, 6.45) is -19.8. The van der Waals surface area contributed by atoms with Gasteiger partial charge in [-0.25, -0.2) is 0 Å². The maximum atomic E-state index is 11.1. The van der Waals surface area contributed by atoms with Gasteiger partial charge in [-0.3, -0.25) is 0 Å². The van der Waals surface area contributed by atoms with E-state index < -0.39 is 123 Å². The van der Waals surface area contributed by atoms with Crippen LogP contribution in [0.15, 0.2) is 0 Å². The Balaban J connectivity index is 1.50. The minimum Gasteiger partial charge on any atom is -0.394 e. The zero-order valence-corrected chi connectivity index (χ0v) is 22.8. The predicted octanol–water partition coefficient (Wildman–Crippen LogP) is -8.90. The molecule has 0 radical (unpaired) electrons. The van der Waals surface area contributed by atoms with Gasteiger partial charge in [0.05, 0.1) is 24.8 Å². The van der Waals surface area contributed by atoms with E-state index in [1.807, 2.05) is 0 Å². The summed E-state index contributed by atoms with van der Waals surface area (Å²) in [5, 5.41) is 73.0. The lowest BCUT2D eigenvalue weighted by atomic mass is 9.84. The number of hydrogen-bond acceptors (Lipinski definition) is 19. The monoisotopic (exact) mass is 614 g/mol. The number of ether oxygens (including phenoxy) is 6. The zero-order valence-electron chi connectivity index (χ0n) is 22.8. The molecule has 3 heterocycles. The van der Waals surface area contributed by atoms with Crippen LogP contribution < -0.4 is 34.4 Å². The van der Waals surface area contributed by atoms with Crippen LogP contribution in [-0.2, 0) is 28.4 Å². The molecule has 42 heavy (non-hydrogen) atoms. The first-order valence-corrected chi connectivity index (χ1v) is 13.9. The molecule has 19 nitrogen and oxygen atoms in total. The van der Waals surface area contributed by atoms with E-state index >= 15 is 0 Å². The molecule has 1 saturated carbocycles. The van der Waals surface area contributed by atoms with E-state index in [0.717, 1.165) is 0 Å². The lowest BCUT2D eigenvalue weighted by molar-refractivity contribution is -0.306. The van der Waals surface area contributed by atoms with Gasteiger partial charge in [-0.05, 0) is 6.42 Å². The molecule has 0 bridgehead atoms. The van der Waals surface area contributed by atoms with Crippen LogP contribution in [0, 0.1) is 0 Å². The van der Waals surface area contributed by atoms with Crippen molar-refractivity contribution >= 4 is 0 Å². The molecule has 0 aromatic heterocycles. The number of nitrogens with two attached hydrogens (primary N) is 6. The molecule has 19 heteroatoms. The van der Waals surface area contributed by atoms with E-state index in [0.29, 0.717) is 0 Å². The Hall–Kier alpha value is -0.760. The summed E-state index contributed by atoms with van der Waals surface area (Å²) in [6.45, 7) is -0.967. The van der Waals surface area contributed by atoms with Crippen molar-refractivity contribution in [1.29, 1.82) is 0 Å². The van der Waals surface area contributed by atoms with Crippen LogP contribution in [-0.4, -0.2) is 172 Å². The van der Waals surface area contributed by atoms with Crippen LogP contribution in [0.25, 0.3) is 0 Å². The minimum absolute atomic E-state index is 0.0889. The number of hydrogen-bond donors (Lipinski definition) is 13. The van der Waals surface area contributed by atoms with Crippen LogP contribution in [0.1, 0.15) is 6.42 Å². The van der Waals surface area contributed by atoms with E-state index in [9.17, 15) is 35.7 Å². The van der Waals surface area contributed by atoms with Crippen LogP contribution in [0.3, 0.4) is 0 Å². The quantitative estimate of drug-likeness (QED) is 0.115. The number of rotatable bonds is 9. The molecule has 246 valence electrons. The first-order valence-electron chi connectivity index (χ1n) is 13.9. The van der Waals surface area contributed by atoms with Gasteiger partial charge >= 0.3 is 0 Å². The van der Waals surface area contributed by atoms with E-state index in [1.54, 1.807) is 0 Å². The highest BCUT2D eigenvalue weighted by Gasteiger charge is 2.54. The fraction of sp³-hybridized carbons (Fsp3) is 1.00. The van der Waals surface area contributed by atoms with Crippen molar-refractivity contribution in [2.75, 3.05) is 19.7 Å². The van der Waals surface area contributed by atoms with Gasteiger partial charge in [0, 0.05) is 25.2 Å². The van der Waals surface area contributed by atoms with Crippen LogP contribution >= 0.6 is 0 Å². The first kappa shape index (κ1) is 34.1. The Labute approximate surface area is 241 Å². The first-order chi connectivity index (χ1) is 19.8. The van der Waals surface area contributed by atoms with Crippen molar-refractivity contribution in [1.82, 2.24) is 0 Å². The third-order valence-corrected chi connectivity index (χ3v) is 8.37. The highest BCUT2D eigenvalue weighted by Crippen LogP contribution is 2.34. The Morgan fingerprint density at radius 1 is 0.524 bits per heavy atom. The van der Waals surface area contributed by atoms with Crippen molar-refractivity contribution < 1.29 is 64.2 Å². The molecule has 0 aromatic carbocycles. The Bertz CT molecular complexity index is 868. The SMILES string of the molecule is NC[C@@H]1O[C@@H](O[C@@H]2C(O[C@H]3O[C@@H](CO)[C@H](O[C@@H]4O[C@H](CN)[C@H](O)[C@@H](O)[C@@H]4N)[C@@H]3O)[C@H](O)[C@@H](N)C[C@H]2N)[C@@H](N)[C@H](O)[C@H]1O. The summed E-state index contributed by atoms with van der Waals surface area (Å²) in [5.74, 6) is 0. The second kappa shape index (κ2) is 14.1. The topological polar surface area (TPSA) is 353 Å². The van der Waals surface area contributed by atoms with E-state index in [2.05, 4.69) is 0 Å². The Morgan fingerprint density at radius 3 is 1.45 bits per heavy atom. The van der Waals surface area contributed by atoms with Gasteiger partial charge in [-0.15, -0.1) is 0 Å². The average Bonchev–Trinajstić information content (AvgIpc) is 3.27. The smallest absolute Gasteiger partial charge is 0.187 e. The lowest BCUT2D eigenvalue weighted by Crippen LogP contribution is -2.68. The fourth-order valence-corrected chi connectivity index (χ4v) is 5.74. The van der Waals surface area contributed by atoms with Crippen LogP contribution in [0.4, 0.5) is 0 Å². The molecule has 19 N–H and O–H groups in total. The summed E-state index contributed by atoms with van der Waals surface area (Å²) in [6, 6.07) is -4.18. The zero-order chi connectivity index (χ0) is 31.0. The molecule has 4 aliphatic rings. The van der Waals surface area contributed by atoms with Gasteiger partial charge in [0.25, 0.3) is 0 Å². The van der Waals surface area contributed by atoms with Gasteiger partial charge in [-0.2, -0.15) is 0 Å². The molecule has 19 atom stereocenters. The van der Waals surface area contributed by atoms with Gasteiger partial charge in [0.15, 0.2) is 18.9 Å². The summed E-state index contributed by atoms with van der Waals surface area (Å²) in [7, 11) is 0. The molecule has 1 unspecified atom stereocenters. The fourth-order valence-electron chi connectivity index (χ4n) is 5.74. The summed E-state index contributed by atoms with van der Waals surface area (Å²) in [5.41, 5.74) is 35.6. The van der Waals surface area contributed by atoms with E-state index in [1.165, 1.54) is 0 Å². The summed E-state index contributed by atoms with van der Waals surface area (Å²) < 4.78 is 34.6. The maximum Gasteiger partial charge on any atom is 0.187 e. The number of aliphatic hydroxyl groups excluding tert-OH is 7. The molecular weight excluding hydrogens is 568 g/mol. The van der Waals surface area contributed by atoms with E-state index in [4.69, 9.17) is 62.8 Å². The number of aliphatic hydroxyl groups is 7. The third-order valence-electron chi connectivity index (χ3n) is 8.37. The van der Waals surface area contributed by atoms with E-state index in [-0.39, 0.29) is 19.5 Å². The largest absolute Gasteiger partial charge is 0.394 e. The summed E-state index contributed by atoms with van der Waals surface area (Å²) in [4.78, 5) is 0. The molecule has 3 aliphatic heterocycles. The second-order valence-electron chi connectivity index (χ2n) is 11.2. The molecule has 3 saturated heterocycles. The highest BCUT2D eigenvalue weighted by atomic mass is 16.8. The molecular formula is C23H46N6O13. The van der Waals surface area contributed by atoms with Gasteiger partial charge in [-0.1, -0.05) is 0 Å². The van der Waals surface area contributed by atoms with Crippen molar-refractivity contribution in [2.24, 2.45) is 34.4 Å². The molecule has 4 fully saturated rings. The molecule has 0 amide bonds. The van der Waals surface area contributed by atoms with Gasteiger partial charge in [0.2, 0.25) is 0 Å². The van der Waals surface area contributed by atoms with Crippen molar-refractivity contribution in [3.05, 3.63) is 0 Å². The normalized spacial score (nSPS) is 53.8. The van der Waals surface area contributed by atoms with Crippen LogP contribution in [0.5, 0.6) is 0 Å². The Kier molecular flexibility index (Phi) is 11.5. The maximum absolute atomic E-state index is 11.1. The van der Waals surface area contributed by atoms with Crippen molar-refractivity contribution in [2.45, 2.75) is 123 Å². The molecule has 0 aromatic rings. The minimum atomic E-state index is -1.60. The summed E-state index contributed by atoms with van der Waals surface area (Å²) >= 11 is 0. The van der Waals surface area contributed by atoms with Crippen molar-refractivity contribution in [3.8, 4) is 0 Å². The van der Waals surface area contributed by atoms with Crippen molar-refractivity contribution in [3.63, 3.8) is 0 Å². The predicted molar refractivity (Wildman–Crippen MR) is 138 cm³/mol.